The van der Waals surface area contributed by atoms with E-state index in [1.54, 1.807) is 19.3 Å². The fourth-order valence-electron chi connectivity index (χ4n) is 2.18. The van der Waals surface area contributed by atoms with E-state index in [1.165, 1.54) is 0 Å². The number of benzene rings is 1. The predicted octanol–water partition coefficient (Wildman–Crippen LogP) is 3.61. The van der Waals surface area contributed by atoms with E-state index in [0.29, 0.717) is 10.0 Å². The van der Waals surface area contributed by atoms with Gasteiger partial charge in [-0.2, -0.15) is 5.10 Å². The van der Waals surface area contributed by atoms with Gasteiger partial charge in [-0.15, -0.1) is 24.0 Å². The summed E-state index contributed by atoms with van der Waals surface area (Å²) in [7, 11) is 1.76. The molecule has 5 nitrogen and oxygen atoms in total. The number of nitrogens with zero attached hydrogens (tertiary/aromatic N) is 3. The van der Waals surface area contributed by atoms with Crippen LogP contribution in [0.2, 0.25) is 10.0 Å². The molecule has 0 unspecified atom stereocenters. The molecule has 8 heteroatoms. The number of guanidine groups is 1. The molecule has 0 saturated carbocycles. The van der Waals surface area contributed by atoms with Gasteiger partial charge in [0.2, 0.25) is 0 Å². The highest BCUT2D eigenvalue weighted by molar-refractivity contribution is 14.0. The molecule has 2 rings (SSSR count). The molecule has 1 aromatic carbocycles. The number of aryl methyl sites for hydroxylation is 1. The van der Waals surface area contributed by atoms with Gasteiger partial charge in [0.15, 0.2) is 5.96 Å². The zero-order chi connectivity index (χ0) is 16.5. The van der Waals surface area contributed by atoms with Crippen LogP contribution in [0.5, 0.6) is 0 Å². The first-order valence-corrected chi connectivity index (χ1v) is 8.30. The first kappa shape index (κ1) is 21.1. The van der Waals surface area contributed by atoms with Gasteiger partial charge in [0.05, 0.1) is 0 Å². The molecule has 0 fully saturated rings. The zero-order valence-corrected chi connectivity index (χ0v) is 17.3. The Morgan fingerprint density at radius 1 is 1.17 bits per heavy atom. The Balaban J connectivity index is 0.00000288. The number of nitrogens with one attached hydrogen (secondary N) is 2. The van der Waals surface area contributed by atoms with Crippen LogP contribution in [0.3, 0.4) is 0 Å². The summed E-state index contributed by atoms with van der Waals surface area (Å²) in [5.41, 5.74) is 1.10. The fraction of sp³-hybridized carbons (Fsp3) is 0.375. The summed E-state index contributed by atoms with van der Waals surface area (Å²) >= 11 is 12.0. The van der Waals surface area contributed by atoms with Crippen molar-refractivity contribution in [2.24, 2.45) is 4.99 Å². The van der Waals surface area contributed by atoms with Crippen molar-refractivity contribution in [2.75, 3.05) is 20.1 Å². The third-order valence-corrected chi connectivity index (χ3v) is 3.70. The number of hydrogen-bond acceptors (Lipinski definition) is 2. The molecule has 2 aromatic rings. The molecular formula is C16H22Cl2IN5. The molecular weight excluding hydrogens is 460 g/mol. The van der Waals surface area contributed by atoms with Crippen molar-refractivity contribution in [2.45, 2.75) is 19.4 Å². The van der Waals surface area contributed by atoms with Gasteiger partial charge in [0.25, 0.3) is 0 Å². The molecule has 0 amide bonds. The third-order valence-electron chi connectivity index (χ3n) is 3.27. The van der Waals surface area contributed by atoms with Crippen LogP contribution in [0.15, 0.2) is 41.7 Å². The molecule has 0 bridgehead atoms. The summed E-state index contributed by atoms with van der Waals surface area (Å²) in [6, 6.07) is 7.51. The Bertz CT molecular complexity index is 611. The van der Waals surface area contributed by atoms with Gasteiger partial charge in [-0.25, -0.2) is 0 Å². The Morgan fingerprint density at radius 3 is 2.50 bits per heavy atom. The standard InChI is InChI=1S/C16H21Cl2N5.HI/c1-19-16(20-5-2-8-23-9-3-6-22-23)21-7-4-13-10-14(17)12-15(18)11-13;/h3,6,9-12H,2,4-5,7-8H2,1H3,(H2,19,20,21);1H. The minimum absolute atomic E-state index is 0. The predicted molar refractivity (Wildman–Crippen MR) is 112 cm³/mol. The van der Waals surface area contributed by atoms with Gasteiger partial charge < -0.3 is 10.6 Å². The van der Waals surface area contributed by atoms with Crippen LogP contribution in [-0.4, -0.2) is 35.9 Å². The van der Waals surface area contributed by atoms with E-state index in [9.17, 15) is 0 Å². The van der Waals surface area contributed by atoms with Gasteiger partial charge in [-0.3, -0.25) is 9.67 Å². The normalized spacial score (nSPS) is 11.0. The lowest BCUT2D eigenvalue weighted by molar-refractivity contribution is 0.570. The Hall–Kier alpha value is -0.990. The van der Waals surface area contributed by atoms with E-state index >= 15 is 0 Å². The summed E-state index contributed by atoms with van der Waals surface area (Å²) in [5, 5.41) is 12.1. The topological polar surface area (TPSA) is 54.2 Å². The number of aliphatic imine (C=N–C) groups is 1. The van der Waals surface area contributed by atoms with E-state index in [-0.39, 0.29) is 24.0 Å². The van der Waals surface area contributed by atoms with Crippen LogP contribution >= 0.6 is 47.2 Å². The van der Waals surface area contributed by atoms with Gasteiger partial charge in [0, 0.05) is 49.1 Å². The van der Waals surface area contributed by atoms with E-state index in [4.69, 9.17) is 23.2 Å². The van der Waals surface area contributed by atoms with Crippen molar-refractivity contribution in [3.8, 4) is 0 Å². The molecule has 0 aliphatic rings. The first-order chi connectivity index (χ1) is 11.2. The molecule has 132 valence electrons. The minimum atomic E-state index is 0. The van der Waals surface area contributed by atoms with E-state index in [2.05, 4.69) is 20.7 Å². The van der Waals surface area contributed by atoms with Crippen LogP contribution in [-0.2, 0) is 13.0 Å². The summed E-state index contributed by atoms with van der Waals surface area (Å²) in [4.78, 5) is 4.21. The highest BCUT2D eigenvalue weighted by Gasteiger charge is 2.01. The van der Waals surface area contributed by atoms with Gasteiger partial charge >= 0.3 is 0 Å². The van der Waals surface area contributed by atoms with E-state index in [0.717, 1.165) is 44.0 Å². The lowest BCUT2D eigenvalue weighted by Gasteiger charge is -2.12. The molecule has 1 aromatic heterocycles. The van der Waals surface area contributed by atoms with Crippen molar-refractivity contribution >= 4 is 53.1 Å². The number of aromatic nitrogens is 2. The van der Waals surface area contributed by atoms with Crippen LogP contribution in [0.25, 0.3) is 0 Å². The van der Waals surface area contributed by atoms with Crippen LogP contribution in [0, 0.1) is 0 Å². The maximum atomic E-state index is 6.00. The van der Waals surface area contributed by atoms with Crippen molar-refractivity contribution in [3.63, 3.8) is 0 Å². The number of hydrogen-bond donors (Lipinski definition) is 2. The van der Waals surface area contributed by atoms with Gasteiger partial charge in [-0.1, -0.05) is 23.2 Å². The van der Waals surface area contributed by atoms with Gasteiger partial charge in [-0.05, 0) is 42.7 Å². The highest BCUT2D eigenvalue weighted by atomic mass is 127. The van der Waals surface area contributed by atoms with E-state index < -0.39 is 0 Å². The highest BCUT2D eigenvalue weighted by Crippen LogP contribution is 2.19. The molecule has 0 radical (unpaired) electrons. The van der Waals surface area contributed by atoms with Gasteiger partial charge in [0.1, 0.15) is 0 Å². The smallest absolute Gasteiger partial charge is 0.190 e. The van der Waals surface area contributed by atoms with Crippen LogP contribution in [0.1, 0.15) is 12.0 Å². The summed E-state index contributed by atoms with van der Waals surface area (Å²) in [6.07, 6.45) is 5.56. The molecule has 0 spiro atoms. The maximum Gasteiger partial charge on any atom is 0.190 e. The van der Waals surface area contributed by atoms with Crippen molar-refractivity contribution in [3.05, 3.63) is 52.3 Å². The minimum Gasteiger partial charge on any atom is -0.356 e. The monoisotopic (exact) mass is 481 g/mol. The lowest BCUT2D eigenvalue weighted by atomic mass is 10.1. The molecule has 0 aliphatic carbocycles. The average Bonchev–Trinajstić information content (AvgIpc) is 3.02. The summed E-state index contributed by atoms with van der Waals surface area (Å²) in [5.74, 6) is 0.790. The second-order valence-corrected chi connectivity index (χ2v) is 5.95. The summed E-state index contributed by atoms with van der Waals surface area (Å²) in [6.45, 7) is 2.48. The average molecular weight is 482 g/mol. The van der Waals surface area contributed by atoms with Crippen molar-refractivity contribution in [1.29, 1.82) is 0 Å². The summed E-state index contributed by atoms with van der Waals surface area (Å²) < 4.78 is 1.92. The fourth-order valence-corrected chi connectivity index (χ4v) is 2.75. The van der Waals surface area contributed by atoms with Crippen molar-refractivity contribution < 1.29 is 0 Å². The quantitative estimate of drug-likeness (QED) is 0.275. The Kier molecular flexibility index (Phi) is 10.1. The second-order valence-electron chi connectivity index (χ2n) is 5.08. The molecule has 0 aliphatic heterocycles. The van der Waals surface area contributed by atoms with Crippen LogP contribution < -0.4 is 10.6 Å². The number of halogens is 3. The molecule has 0 atom stereocenters. The van der Waals surface area contributed by atoms with Crippen molar-refractivity contribution in [1.82, 2.24) is 20.4 Å². The zero-order valence-electron chi connectivity index (χ0n) is 13.5. The lowest BCUT2D eigenvalue weighted by Crippen LogP contribution is -2.39. The molecule has 24 heavy (non-hydrogen) atoms. The molecule has 1 heterocycles. The third kappa shape index (κ3) is 7.72. The SMILES string of the molecule is CN=C(NCCCn1cccn1)NCCc1cc(Cl)cc(Cl)c1.I. The Morgan fingerprint density at radius 2 is 1.88 bits per heavy atom. The maximum absolute atomic E-state index is 6.00. The molecule has 2 N–H and O–H groups in total. The van der Waals surface area contributed by atoms with E-state index in [1.807, 2.05) is 29.1 Å². The second kappa shape index (κ2) is 11.5. The first-order valence-electron chi connectivity index (χ1n) is 7.54. The largest absolute Gasteiger partial charge is 0.356 e. The molecule has 0 saturated heterocycles. The Labute approximate surface area is 169 Å². The van der Waals surface area contributed by atoms with Crippen LogP contribution in [0.4, 0.5) is 0 Å². The number of rotatable bonds is 7.